The molecular weight excluding hydrogens is 244 g/mol. The number of hydrogen-bond donors (Lipinski definition) is 1. The Kier molecular flexibility index (Phi) is 4.04. The minimum absolute atomic E-state index is 0.802. The van der Waals surface area contributed by atoms with Crippen LogP contribution in [-0.4, -0.2) is 4.98 Å². The Morgan fingerprint density at radius 3 is 2.50 bits per heavy atom. The van der Waals surface area contributed by atoms with Crippen LogP contribution < -0.4 is 5.32 Å². The lowest BCUT2D eigenvalue weighted by Gasteiger charge is -2.13. The number of aryl methyl sites for hydroxylation is 2. The van der Waals surface area contributed by atoms with Crippen molar-refractivity contribution < 1.29 is 0 Å². The number of benzene rings is 1. The molecule has 0 amide bonds. The number of allylic oxidation sites excluding steroid dienone is 1. The Morgan fingerprint density at radius 2 is 1.85 bits per heavy atom. The molecule has 1 N–H and O–H groups in total. The van der Waals surface area contributed by atoms with Gasteiger partial charge in [-0.25, -0.2) is 0 Å². The first kappa shape index (κ1) is 14.1. The van der Waals surface area contributed by atoms with E-state index in [1.807, 2.05) is 32.0 Å². The number of pyridine rings is 1. The molecule has 0 unspecified atom stereocenters. The molecule has 1 aromatic heterocycles. The highest BCUT2D eigenvalue weighted by atomic mass is 14.9. The average molecular weight is 264 g/mol. The van der Waals surface area contributed by atoms with Crippen LogP contribution >= 0.6 is 0 Å². The van der Waals surface area contributed by atoms with E-state index < -0.39 is 0 Å². The minimum atomic E-state index is 0.802. The highest BCUT2D eigenvalue weighted by molar-refractivity contribution is 5.77. The van der Waals surface area contributed by atoms with Crippen LogP contribution in [0.25, 0.3) is 11.3 Å². The highest BCUT2D eigenvalue weighted by Crippen LogP contribution is 2.24. The smallest absolute Gasteiger partial charge is 0.0861 e. The van der Waals surface area contributed by atoms with Crippen molar-refractivity contribution in [3.05, 3.63) is 72.1 Å². The molecule has 0 aliphatic heterocycles. The maximum atomic E-state index is 4.48. The summed E-state index contributed by atoms with van der Waals surface area (Å²) in [6.07, 6.45) is 0. The van der Waals surface area contributed by atoms with Crippen LogP contribution in [0.15, 0.2) is 49.6 Å². The zero-order chi connectivity index (χ0) is 14.7. The van der Waals surface area contributed by atoms with Gasteiger partial charge < -0.3 is 5.32 Å². The van der Waals surface area contributed by atoms with E-state index in [9.17, 15) is 0 Å². The van der Waals surface area contributed by atoms with Gasteiger partial charge in [0.25, 0.3) is 0 Å². The van der Waals surface area contributed by atoms with Gasteiger partial charge in [0.1, 0.15) is 0 Å². The molecule has 0 saturated carbocycles. The van der Waals surface area contributed by atoms with Crippen LogP contribution in [0.5, 0.6) is 0 Å². The first-order chi connectivity index (χ1) is 9.47. The summed E-state index contributed by atoms with van der Waals surface area (Å²) in [6.45, 7) is 14.1. The molecule has 0 atom stereocenters. The van der Waals surface area contributed by atoms with Crippen molar-refractivity contribution in [1.82, 2.24) is 4.98 Å². The molecule has 2 nitrogen and oxygen atoms in total. The zero-order valence-corrected chi connectivity index (χ0v) is 12.3. The third-order valence-corrected chi connectivity index (χ3v) is 3.21. The topological polar surface area (TPSA) is 24.9 Å². The van der Waals surface area contributed by atoms with Crippen LogP contribution in [0.2, 0.25) is 0 Å². The van der Waals surface area contributed by atoms with Crippen molar-refractivity contribution >= 4 is 17.0 Å². The lowest BCUT2D eigenvalue weighted by molar-refractivity contribution is 1.17. The second-order valence-corrected chi connectivity index (χ2v) is 5.08. The Morgan fingerprint density at radius 1 is 1.10 bits per heavy atom. The van der Waals surface area contributed by atoms with E-state index in [-0.39, 0.29) is 0 Å². The summed E-state index contributed by atoms with van der Waals surface area (Å²) in [7, 11) is 0. The summed E-state index contributed by atoms with van der Waals surface area (Å²) in [5.74, 6) is 0. The number of rotatable bonds is 4. The summed E-state index contributed by atoms with van der Waals surface area (Å²) in [5, 5.41) is 3.35. The Labute approximate surface area is 120 Å². The first-order valence-electron chi connectivity index (χ1n) is 6.64. The quantitative estimate of drug-likeness (QED) is 0.856. The molecule has 0 aliphatic rings. The molecule has 0 aliphatic carbocycles. The van der Waals surface area contributed by atoms with Crippen molar-refractivity contribution in [3.63, 3.8) is 0 Å². The van der Waals surface area contributed by atoms with Gasteiger partial charge in [-0.15, -0.1) is 0 Å². The van der Waals surface area contributed by atoms with E-state index >= 15 is 0 Å². The largest absolute Gasteiger partial charge is 0.354 e. The number of nitrogens with zero attached hydrogens (tertiary/aromatic N) is 1. The van der Waals surface area contributed by atoms with Gasteiger partial charge in [-0.2, -0.15) is 0 Å². The second-order valence-electron chi connectivity index (χ2n) is 5.08. The van der Waals surface area contributed by atoms with Crippen molar-refractivity contribution in [2.24, 2.45) is 0 Å². The predicted octanol–water partition coefficient (Wildman–Crippen LogP) is 4.81. The fourth-order valence-corrected chi connectivity index (χ4v) is 1.96. The lowest BCUT2D eigenvalue weighted by Crippen LogP contribution is -2.02. The summed E-state index contributed by atoms with van der Waals surface area (Å²) in [5.41, 5.74) is 7.04. The van der Waals surface area contributed by atoms with Gasteiger partial charge in [-0.1, -0.05) is 36.9 Å². The van der Waals surface area contributed by atoms with E-state index in [1.165, 1.54) is 5.56 Å². The maximum absolute atomic E-state index is 4.48. The first-order valence-corrected chi connectivity index (χ1v) is 6.64. The number of aromatic nitrogens is 1. The summed E-state index contributed by atoms with van der Waals surface area (Å²) in [6, 6.07) is 12.2. The van der Waals surface area contributed by atoms with E-state index in [2.05, 4.69) is 48.6 Å². The fourth-order valence-electron chi connectivity index (χ4n) is 1.96. The molecule has 1 aromatic carbocycles. The monoisotopic (exact) mass is 264 g/mol. The number of hydrogen-bond acceptors (Lipinski definition) is 2. The summed E-state index contributed by atoms with van der Waals surface area (Å²) < 4.78 is 0. The van der Waals surface area contributed by atoms with Gasteiger partial charge in [0.15, 0.2) is 0 Å². The molecule has 0 radical (unpaired) electrons. The molecule has 2 rings (SSSR count). The molecule has 1 heterocycles. The van der Waals surface area contributed by atoms with Gasteiger partial charge in [-0.05, 0) is 50.1 Å². The molecule has 0 fully saturated rings. The van der Waals surface area contributed by atoms with Gasteiger partial charge in [-0.3, -0.25) is 4.98 Å². The Hall–Kier alpha value is -2.35. The number of nitrogens with one attached hydrogen (secondary N) is 1. The minimum Gasteiger partial charge on any atom is -0.354 e. The molecule has 0 saturated heterocycles. The van der Waals surface area contributed by atoms with Gasteiger partial charge >= 0.3 is 0 Å². The van der Waals surface area contributed by atoms with E-state index in [4.69, 9.17) is 0 Å². The highest BCUT2D eigenvalue weighted by Gasteiger charge is 2.05. The molecule has 102 valence electrons. The molecule has 2 heteroatoms. The SMILES string of the molecule is C=C(C)c1ccc(C)c(NC(=C)c2cccc(C)n2)c1. The summed E-state index contributed by atoms with van der Waals surface area (Å²) >= 11 is 0. The van der Waals surface area contributed by atoms with Crippen molar-refractivity contribution in [2.75, 3.05) is 5.32 Å². The van der Waals surface area contributed by atoms with Crippen molar-refractivity contribution in [2.45, 2.75) is 20.8 Å². The van der Waals surface area contributed by atoms with E-state index in [0.29, 0.717) is 0 Å². The molecule has 2 aromatic rings. The lowest BCUT2D eigenvalue weighted by atomic mass is 10.0. The molecular formula is C18H20N2. The van der Waals surface area contributed by atoms with Crippen LogP contribution in [0.1, 0.15) is 29.4 Å². The Bertz CT molecular complexity index is 669. The van der Waals surface area contributed by atoms with Gasteiger partial charge in [0.2, 0.25) is 0 Å². The second kappa shape index (κ2) is 5.74. The fraction of sp³-hybridized carbons (Fsp3) is 0.167. The van der Waals surface area contributed by atoms with Crippen LogP contribution in [0.3, 0.4) is 0 Å². The predicted molar refractivity (Wildman–Crippen MR) is 87.5 cm³/mol. The molecule has 0 spiro atoms. The van der Waals surface area contributed by atoms with Gasteiger partial charge in [0.05, 0.1) is 11.4 Å². The standard InChI is InChI=1S/C18H20N2/c1-12(2)16-10-9-13(3)18(11-16)20-15(5)17-8-6-7-14(4)19-17/h6-11,20H,1,5H2,2-4H3. The van der Waals surface area contributed by atoms with Gasteiger partial charge in [0, 0.05) is 11.4 Å². The van der Waals surface area contributed by atoms with Crippen molar-refractivity contribution in [1.29, 1.82) is 0 Å². The molecule has 20 heavy (non-hydrogen) atoms. The van der Waals surface area contributed by atoms with E-state index in [1.54, 1.807) is 0 Å². The maximum Gasteiger partial charge on any atom is 0.0861 e. The average Bonchev–Trinajstić information content (AvgIpc) is 2.41. The third kappa shape index (κ3) is 3.15. The normalized spacial score (nSPS) is 10.2. The summed E-state index contributed by atoms with van der Waals surface area (Å²) in [4.78, 5) is 4.48. The van der Waals surface area contributed by atoms with Crippen LogP contribution in [0.4, 0.5) is 5.69 Å². The van der Waals surface area contributed by atoms with Crippen LogP contribution in [0, 0.1) is 13.8 Å². The third-order valence-electron chi connectivity index (χ3n) is 3.21. The Balaban J connectivity index is 2.27. The number of anilines is 1. The van der Waals surface area contributed by atoms with Crippen molar-refractivity contribution in [3.8, 4) is 0 Å². The zero-order valence-electron chi connectivity index (χ0n) is 12.3. The van der Waals surface area contributed by atoms with E-state index in [0.717, 1.165) is 33.9 Å². The van der Waals surface area contributed by atoms with Crippen LogP contribution in [-0.2, 0) is 0 Å². The molecule has 0 bridgehead atoms.